The summed E-state index contributed by atoms with van der Waals surface area (Å²) in [6.07, 6.45) is 8.96. The molecule has 1 saturated heterocycles. The minimum atomic E-state index is -0.866. The van der Waals surface area contributed by atoms with Gasteiger partial charge in [-0.2, -0.15) is 15.5 Å². The van der Waals surface area contributed by atoms with Gasteiger partial charge in [0.1, 0.15) is 11.9 Å². The molecule has 10 nitrogen and oxygen atoms in total. The Balaban J connectivity index is 1.49. The standard InChI is InChI=1S/C26H28N8O2/c1-17(2)8-22-16-32(6-7-33(22)26(35)36)24-5-4-18(11-28-24)23-9-19(21-13-29-31(3)14-21)15-34-25(23)20(10-27)12-30-34/h4-5,9,11-15,17,22H,6-8,16H2,1-3H3,(H,35,36). The second-order valence-corrected chi connectivity index (χ2v) is 9.62. The Hall–Kier alpha value is -4.39. The average Bonchev–Trinajstić information content (AvgIpc) is 3.49. The van der Waals surface area contributed by atoms with Crippen LogP contribution in [0.5, 0.6) is 0 Å². The van der Waals surface area contributed by atoms with Crippen molar-refractivity contribution in [2.75, 3.05) is 24.5 Å². The minimum Gasteiger partial charge on any atom is -0.465 e. The summed E-state index contributed by atoms with van der Waals surface area (Å²) in [5.41, 5.74) is 4.84. The van der Waals surface area contributed by atoms with E-state index in [0.29, 0.717) is 31.1 Å². The second kappa shape index (κ2) is 9.34. The first-order chi connectivity index (χ1) is 17.3. The van der Waals surface area contributed by atoms with Gasteiger partial charge < -0.3 is 14.9 Å². The van der Waals surface area contributed by atoms with Gasteiger partial charge >= 0.3 is 6.09 Å². The molecule has 4 aromatic heterocycles. The lowest BCUT2D eigenvalue weighted by Crippen LogP contribution is -2.55. The summed E-state index contributed by atoms with van der Waals surface area (Å²) in [6, 6.07) is 8.17. The molecule has 1 unspecified atom stereocenters. The molecule has 36 heavy (non-hydrogen) atoms. The van der Waals surface area contributed by atoms with Gasteiger partial charge in [0.15, 0.2) is 0 Å². The third-order valence-corrected chi connectivity index (χ3v) is 6.63. The molecule has 1 aliphatic rings. The van der Waals surface area contributed by atoms with Gasteiger partial charge in [-0.25, -0.2) is 14.3 Å². The zero-order chi connectivity index (χ0) is 25.4. The zero-order valence-electron chi connectivity index (χ0n) is 20.5. The van der Waals surface area contributed by atoms with E-state index in [1.165, 1.54) is 0 Å². The van der Waals surface area contributed by atoms with Crippen LogP contribution in [0.25, 0.3) is 27.8 Å². The number of hydrogen-bond donors (Lipinski definition) is 1. The van der Waals surface area contributed by atoms with Gasteiger partial charge in [0.05, 0.1) is 29.5 Å². The molecule has 1 aliphatic heterocycles. The van der Waals surface area contributed by atoms with E-state index in [2.05, 4.69) is 35.0 Å². The van der Waals surface area contributed by atoms with Crippen molar-refractivity contribution in [1.29, 1.82) is 5.26 Å². The molecule has 1 fully saturated rings. The number of amides is 1. The van der Waals surface area contributed by atoms with Gasteiger partial charge in [-0.3, -0.25) is 4.68 Å². The maximum Gasteiger partial charge on any atom is 0.407 e. The predicted octanol–water partition coefficient (Wildman–Crippen LogP) is 3.88. The SMILES string of the molecule is CC(C)CC1CN(c2ccc(-c3cc(-c4cnn(C)c4)cn4ncc(C#N)c34)cn2)CCN1C(=O)O. The highest BCUT2D eigenvalue weighted by molar-refractivity contribution is 5.87. The fraction of sp³-hybridized carbons (Fsp3) is 0.346. The average molecular weight is 485 g/mol. The first-order valence-electron chi connectivity index (χ1n) is 12.0. The summed E-state index contributed by atoms with van der Waals surface area (Å²) in [4.78, 5) is 20.2. The summed E-state index contributed by atoms with van der Waals surface area (Å²) in [6.45, 7) is 5.87. The fourth-order valence-electron chi connectivity index (χ4n) is 4.95. The summed E-state index contributed by atoms with van der Waals surface area (Å²) in [5.74, 6) is 1.21. The number of aromatic nitrogens is 5. The van der Waals surface area contributed by atoms with Crippen molar-refractivity contribution < 1.29 is 9.90 Å². The van der Waals surface area contributed by atoms with Crippen molar-refractivity contribution in [2.45, 2.75) is 26.3 Å². The summed E-state index contributed by atoms with van der Waals surface area (Å²) in [7, 11) is 1.87. The normalized spacial score (nSPS) is 16.0. The molecule has 5 rings (SSSR count). The fourth-order valence-corrected chi connectivity index (χ4v) is 4.95. The minimum absolute atomic E-state index is 0.0708. The molecule has 0 radical (unpaired) electrons. The third kappa shape index (κ3) is 4.35. The molecule has 5 heterocycles. The van der Waals surface area contributed by atoms with E-state index in [0.717, 1.165) is 40.0 Å². The number of carbonyl (C=O) groups is 1. The highest BCUT2D eigenvalue weighted by Gasteiger charge is 2.31. The number of anilines is 1. The lowest BCUT2D eigenvalue weighted by molar-refractivity contribution is 0.111. The van der Waals surface area contributed by atoms with E-state index in [-0.39, 0.29) is 6.04 Å². The van der Waals surface area contributed by atoms with Crippen LogP contribution in [0.3, 0.4) is 0 Å². The molecule has 0 bridgehead atoms. The topological polar surface area (TPSA) is 116 Å². The van der Waals surface area contributed by atoms with Gasteiger partial charge in [0.25, 0.3) is 0 Å². The van der Waals surface area contributed by atoms with Gasteiger partial charge in [-0.15, -0.1) is 0 Å². The largest absolute Gasteiger partial charge is 0.465 e. The quantitative estimate of drug-likeness (QED) is 0.457. The van der Waals surface area contributed by atoms with Crippen LogP contribution in [0.1, 0.15) is 25.8 Å². The third-order valence-electron chi connectivity index (χ3n) is 6.63. The monoisotopic (exact) mass is 484 g/mol. The van der Waals surface area contributed by atoms with Crippen LogP contribution < -0.4 is 4.90 Å². The van der Waals surface area contributed by atoms with E-state index >= 15 is 0 Å². The first-order valence-corrected chi connectivity index (χ1v) is 12.0. The number of piperazine rings is 1. The van der Waals surface area contributed by atoms with E-state index in [1.54, 1.807) is 26.5 Å². The number of fused-ring (bicyclic) bond motifs is 1. The number of carboxylic acid groups (broad SMARTS) is 1. The highest BCUT2D eigenvalue weighted by Crippen LogP contribution is 2.32. The Morgan fingerprint density at radius 1 is 1.14 bits per heavy atom. The number of hydrogen-bond acceptors (Lipinski definition) is 6. The molecular formula is C26H28N8O2. The number of rotatable bonds is 5. The van der Waals surface area contributed by atoms with Crippen molar-refractivity contribution in [1.82, 2.24) is 29.3 Å². The lowest BCUT2D eigenvalue weighted by Gasteiger charge is -2.41. The maximum absolute atomic E-state index is 11.7. The summed E-state index contributed by atoms with van der Waals surface area (Å²) < 4.78 is 3.47. The highest BCUT2D eigenvalue weighted by atomic mass is 16.4. The Morgan fingerprint density at radius 3 is 2.61 bits per heavy atom. The Kier molecular flexibility index (Phi) is 6.06. The van der Waals surface area contributed by atoms with Crippen LogP contribution in [0.2, 0.25) is 0 Å². The molecule has 0 spiro atoms. The van der Waals surface area contributed by atoms with Crippen molar-refractivity contribution in [3.63, 3.8) is 0 Å². The molecule has 1 atom stereocenters. The zero-order valence-corrected chi connectivity index (χ0v) is 20.5. The Labute approximate surface area is 209 Å². The smallest absolute Gasteiger partial charge is 0.407 e. The second-order valence-electron chi connectivity index (χ2n) is 9.62. The predicted molar refractivity (Wildman–Crippen MR) is 136 cm³/mol. The molecule has 184 valence electrons. The molecule has 1 amide bonds. The van der Waals surface area contributed by atoms with Crippen LogP contribution in [-0.4, -0.2) is 66.2 Å². The van der Waals surface area contributed by atoms with Gasteiger partial charge in [0, 0.05) is 67.5 Å². The number of nitrogens with zero attached hydrogens (tertiary/aromatic N) is 8. The summed E-state index contributed by atoms with van der Waals surface area (Å²) in [5, 5.41) is 28.0. The van der Waals surface area contributed by atoms with Gasteiger partial charge in [0.2, 0.25) is 0 Å². The van der Waals surface area contributed by atoms with Crippen LogP contribution in [-0.2, 0) is 7.05 Å². The number of aryl methyl sites for hydroxylation is 1. The molecule has 0 aromatic carbocycles. The van der Waals surface area contributed by atoms with Gasteiger partial charge in [-0.05, 0) is 30.5 Å². The summed E-state index contributed by atoms with van der Waals surface area (Å²) >= 11 is 0. The van der Waals surface area contributed by atoms with Crippen molar-refractivity contribution in [3.8, 4) is 28.3 Å². The molecule has 10 heteroatoms. The van der Waals surface area contributed by atoms with E-state index in [4.69, 9.17) is 4.98 Å². The number of nitriles is 1. The molecule has 0 saturated carbocycles. The first kappa shape index (κ1) is 23.4. The molecule has 4 aromatic rings. The molecule has 0 aliphatic carbocycles. The Bertz CT molecular complexity index is 1450. The Morgan fingerprint density at radius 2 is 1.97 bits per heavy atom. The van der Waals surface area contributed by atoms with Crippen LogP contribution in [0.4, 0.5) is 10.6 Å². The van der Waals surface area contributed by atoms with Crippen LogP contribution >= 0.6 is 0 Å². The van der Waals surface area contributed by atoms with Crippen molar-refractivity contribution in [3.05, 3.63) is 54.7 Å². The lowest BCUT2D eigenvalue weighted by atomic mass is 10.00. The van der Waals surface area contributed by atoms with E-state index in [9.17, 15) is 15.2 Å². The van der Waals surface area contributed by atoms with Crippen LogP contribution in [0, 0.1) is 17.2 Å². The molecule has 1 N–H and O–H groups in total. The van der Waals surface area contributed by atoms with Crippen molar-refractivity contribution >= 4 is 17.4 Å². The maximum atomic E-state index is 11.7. The number of pyridine rings is 2. The van der Waals surface area contributed by atoms with Crippen LogP contribution in [0.15, 0.2) is 49.2 Å². The van der Waals surface area contributed by atoms with Gasteiger partial charge in [-0.1, -0.05) is 13.8 Å². The van der Waals surface area contributed by atoms with E-state index in [1.807, 2.05) is 43.8 Å². The van der Waals surface area contributed by atoms with E-state index < -0.39 is 6.09 Å². The van der Waals surface area contributed by atoms with Crippen molar-refractivity contribution in [2.24, 2.45) is 13.0 Å². The molecular weight excluding hydrogens is 456 g/mol.